The molecule has 1 saturated heterocycles. The van der Waals surface area contributed by atoms with Crippen LogP contribution >= 0.6 is 0 Å². The molecule has 0 radical (unpaired) electrons. The van der Waals surface area contributed by atoms with Crippen LogP contribution in [0, 0.1) is 13.8 Å². The summed E-state index contributed by atoms with van der Waals surface area (Å²) in [5.41, 5.74) is 4.49. The van der Waals surface area contributed by atoms with Gasteiger partial charge in [-0.25, -0.2) is 8.42 Å². The Bertz CT molecular complexity index is 1240. The first kappa shape index (κ1) is 23.8. The number of carbonyl (C=O) groups is 1. The van der Waals surface area contributed by atoms with E-state index < -0.39 is 10.0 Å². The van der Waals surface area contributed by atoms with Gasteiger partial charge in [-0.05, 0) is 68.1 Å². The molecule has 34 heavy (non-hydrogen) atoms. The van der Waals surface area contributed by atoms with Gasteiger partial charge in [0.1, 0.15) is 6.54 Å². The lowest BCUT2D eigenvalue weighted by Crippen LogP contribution is -2.41. The van der Waals surface area contributed by atoms with Crippen molar-refractivity contribution in [1.29, 1.82) is 0 Å². The third kappa shape index (κ3) is 5.42. The zero-order valence-corrected chi connectivity index (χ0v) is 20.5. The van der Waals surface area contributed by atoms with Crippen molar-refractivity contribution < 1.29 is 13.2 Å². The largest absolute Gasteiger partial charge is 0.372 e. The molecule has 3 aromatic carbocycles. The Morgan fingerprint density at radius 3 is 2.26 bits per heavy atom. The summed E-state index contributed by atoms with van der Waals surface area (Å²) >= 11 is 0. The first-order valence-corrected chi connectivity index (χ1v) is 13.0. The van der Waals surface area contributed by atoms with Gasteiger partial charge in [-0.2, -0.15) is 0 Å². The average molecular weight is 478 g/mol. The van der Waals surface area contributed by atoms with Gasteiger partial charge in [0.25, 0.3) is 10.0 Å². The molecule has 0 aliphatic carbocycles. The van der Waals surface area contributed by atoms with E-state index in [1.165, 1.54) is 22.8 Å². The van der Waals surface area contributed by atoms with Crippen LogP contribution in [0.4, 0.5) is 11.4 Å². The fourth-order valence-electron chi connectivity index (χ4n) is 4.29. The number of hydrogen-bond donors (Lipinski definition) is 1. The predicted octanol–water partition coefficient (Wildman–Crippen LogP) is 4.42. The van der Waals surface area contributed by atoms with Crippen LogP contribution in [0.3, 0.4) is 0 Å². The second-order valence-electron chi connectivity index (χ2n) is 8.75. The van der Waals surface area contributed by atoms with E-state index in [9.17, 15) is 13.2 Å². The van der Waals surface area contributed by atoms with Crippen LogP contribution in [-0.2, 0) is 21.4 Å². The highest BCUT2D eigenvalue weighted by atomic mass is 32.2. The topological polar surface area (TPSA) is 69.7 Å². The molecule has 4 rings (SSSR count). The molecule has 0 unspecified atom stereocenters. The minimum absolute atomic E-state index is 0.153. The van der Waals surface area contributed by atoms with Crippen LogP contribution in [-0.4, -0.2) is 34.0 Å². The molecule has 0 spiro atoms. The van der Waals surface area contributed by atoms with Gasteiger partial charge in [-0.3, -0.25) is 9.10 Å². The Balaban J connectivity index is 1.50. The highest BCUT2D eigenvalue weighted by Crippen LogP contribution is 2.27. The van der Waals surface area contributed by atoms with E-state index in [2.05, 4.69) is 22.3 Å². The highest BCUT2D eigenvalue weighted by Gasteiger charge is 2.28. The summed E-state index contributed by atoms with van der Waals surface area (Å²) in [6, 6.07) is 21.9. The summed E-state index contributed by atoms with van der Waals surface area (Å²) in [6.07, 6.45) is 2.45. The van der Waals surface area contributed by atoms with Crippen LogP contribution in [0.25, 0.3) is 0 Å². The lowest BCUT2D eigenvalue weighted by Gasteiger charge is -2.26. The van der Waals surface area contributed by atoms with Crippen molar-refractivity contribution in [2.75, 3.05) is 28.8 Å². The molecule has 178 valence electrons. The van der Waals surface area contributed by atoms with Crippen LogP contribution < -0.4 is 14.5 Å². The number of sulfonamides is 1. The number of hydrogen-bond acceptors (Lipinski definition) is 4. The fourth-order valence-corrected chi connectivity index (χ4v) is 5.80. The Kier molecular flexibility index (Phi) is 7.22. The summed E-state index contributed by atoms with van der Waals surface area (Å²) in [7, 11) is -3.92. The van der Waals surface area contributed by atoms with Crippen molar-refractivity contribution in [2.45, 2.75) is 38.1 Å². The van der Waals surface area contributed by atoms with Crippen LogP contribution in [0.15, 0.2) is 77.7 Å². The van der Waals surface area contributed by atoms with Gasteiger partial charge in [-0.15, -0.1) is 0 Å². The molecule has 6 nitrogen and oxygen atoms in total. The summed E-state index contributed by atoms with van der Waals surface area (Å²) in [5, 5.41) is 2.88. The molecule has 1 amide bonds. The first-order chi connectivity index (χ1) is 16.3. The lowest BCUT2D eigenvalue weighted by atomic mass is 10.1. The molecule has 0 aromatic heterocycles. The molecule has 3 aromatic rings. The number of anilines is 2. The maximum absolute atomic E-state index is 13.5. The number of nitrogens with zero attached hydrogens (tertiary/aromatic N) is 2. The standard InChI is InChI=1S/C27H31N3O3S/c1-21-10-15-26(22(2)18-21)30(34(32,33)25-8-4-3-5-9-25)20-27(31)28-19-23-11-13-24(14-12-23)29-16-6-7-17-29/h3-5,8-15,18H,6-7,16-17,19-20H2,1-2H3,(H,28,31). The van der Waals surface area contributed by atoms with E-state index in [0.29, 0.717) is 12.2 Å². The summed E-state index contributed by atoms with van der Waals surface area (Å²) in [5.74, 6) is -0.358. The van der Waals surface area contributed by atoms with E-state index in [1.54, 1.807) is 36.4 Å². The Morgan fingerprint density at radius 2 is 1.62 bits per heavy atom. The minimum atomic E-state index is -3.92. The van der Waals surface area contributed by atoms with Gasteiger partial charge in [0, 0.05) is 25.3 Å². The molecular formula is C27H31N3O3S. The molecule has 1 N–H and O–H groups in total. The van der Waals surface area contributed by atoms with E-state index in [-0.39, 0.29) is 17.3 Å². The highest BCUT2D eigenvalue weighted by molar-refractivity contribution is 7.92. The lowest BCUT2D eigenvalue weighted by molar-refractivity contribution is -0.119. The van der Waals surface area contributed by atoms with Gasteiger partial charge in [0.15, 0.2) is 0 Å². The summed E-state index contributed by atoms with van der Waals surface area (Å²) < 4.78 is 28.2. The molecule has 0 atom stereocenters. The third-order valence-electron chi connectivity index (χ3n) is 6.14. The number of aryl methyl sites for hydroxylation is 2. The molecule has 1 heterocycles. The van der Waals surface area contributed by atoms with Crippen LogP contribution in [0.2, 0.25) is 0 Å². The van der Waals surface area contributed by atoms with Gasteiger partial charge in [0.05, 0.1) is 10.6 Å². The monoisotopic (exact) mass is 477 g/mol. The summed E-state index contributed by atoms with van der Waals surface area (Å²) in [6.45, 7) is 6.02. The van der Waals surface area contributed by atoms with Crippen molar-refractivity contribution in [3.8, 4) is 0 Å². The molecule has 1 fully saturated rings. The van der Waals surface area contributed by atoms with E-state index in [4.69, 9.17) is 0 Å². The SMILES string of the molecule is Cc1ccc(N(CC(=O)NCc2ccc(N3CCCC3)cc2)S(=O)(=O)c2ccccc2)c(C)c1. The van der Waals surface area contributed by atoms with Gasteiger partial charge in [0.2, 0.25) is 5.91 Å². The zero-order chi connectivity index (χ0) is 24.1. The normalized spacial score (nSPS) is 13.6. The summed E-state index contributed by atoms with van der Waals surface area (Å²) in [4.78, 5) is 15.4. The van der Waals surface area contributed by atoms with Crippen molar-refractivity contribution in [3.63, 3.8) is 0 Å². The fraction of sp³-hybridized carbons (Fsp3) is 0.296. The average Bonchev–Trinajstić information content (AvgIpc) is 3.38. The van der Waals surface area contributed by atoms with Crippen molar-refractivity contribution in [2.24, 2.45) is 0 Å². The van der Waals surface area contributed by atoms with Crippen molar-refractivity contribution >= 4 is 27.3 Å². The molecule has 7 heteroatoms. The van der Waals surface area contributed by atoms with Gasteiger partial charge in [-0.1, -0.05) is 48.0 Å². The number of carbonyl (C=O) groups excluding carboxylic acids is 1. The van der Waals surface area contributed by atoms with Crippen molar-refractivity contribution in [3.05, 3.63) is 89.5 Å². The molecule has 1 aliphatic heterocycles. The Labute approximate surface area is 202 Å². The van der Waals surface area contributed by atoms with Gasteiger partial charge < -0.3 is 10.2 Å². The second-order valence-corrected chi connectivity index (χ2v) is 10.6. The van der Waals surface area contributed by atoms with E-state index >= 15 is 0 Å². The van der Waals surface area contributed by atoms with E-state index in [1.807, 2.05) is 38.1 Å². The first-order valence-electron chi connectivity index (χ1n) is 11.6. The number of nitrogens with one attached hydrogen (secondary N) is 1. The number of benzene rings is 3. The molecule has 0 saturated carbocycles. The van der Waals surface area contributed by atoms with Crippen molar-refractivity contribution in [1.82, 2.24) is 5.32 Å². The van der Waals surface area contributed by atoms with E-state index in [0.717, 1.165) is 29.8 Å². The Hall–Kier alpha value is -3.32. The third-order valence-corrected chi connectivity index (χ3v) is 7.91. The molecule has 1 aliphatic rings. The minimum Gasteiger partial charge on any atom is -0.372 e. The molecule has 0 bridgehead atoms. The van der Waals surface area contributed by atoms with Crippen LogP contribution in [0.1, 0.15) is 29.5 Å². The Morgan fingerprint density at radius 1 is 0.941 bits per heavy atom. The van der Waals surface area contributed by atoms with Gasteiger partial charge >= 0.3 is 0 Å². The zero-order valence-electron chi connectivity index (χ0n) is 19.7. The van der Waals surface area contributed by atoms with Crippen LogP contribution in [0.5, 0.6) is 0 Å². The quantitative estimate of drug-likeness (QED) is 0.522. The maximum atomic E-state index is 13.5. The number of rotatable bonds is 8. The smallest absolute Gasteiger partial charge is 0.264 e. The predicted molar refractivity (Wildman–Crippen MR) is 137 cm³/mol. The second kappa shape index (κ2) is 10.3. The molecular weight excluding hydrogens is 446 g/mol. The maximum Gasteiger partial charge on any atom is 0.264 e. The number of amides is 1.